The maximum atomic E-state index is 12.5. The largest absolute Gasteiger partial charge is 0.458 e. The lowest BCUT2D eigenvalue weighted by molar-refractivity contribution is -0.0115. The van der Waals surface area contributed by atoms with Crippen LogP contribution in [-0.2, 0) is 15.2 Å². The first-order valence-electron chi connectivity index (χ1n) is 9.28. The van der Waals surface area contributed by atoms with Gasteiger partial charge in [0.05, 0.1) is 12.2 Å². The minimum Gasteiger partial charge on any atom is -0.458 e. The summed E-state index contributed by atoms with van der Waals surface area (Å²) < 4.78 is 11.9. The summed E-state index contributed by atoms with van der Waals surface area (Å²) in [5, 5.41) is 0. The van der Waals surface area contributed by atoms with E-state index in [1.165, 1.54) is 5.56 Å². The molecule has 0 amide bonds. The Morgan fingerprint density at radius 1 is 1.08 bits per heavy atom. The number of hydrogen-bond acceptors (Lipinski definition) is 4. The first kappa shape index (κ1) is 17.6. The number of fused-ring (bicyclic) bond motifs is 1. The Kier molecular flexibility index (Phi) is 5.32. The zero-order valence-electron chi connectivity index (χ0n) is 14.8. The van der Waals surface area contributed by atoms with Crippen molar-refractivity contribution in [3.8, 4) is 0 Å². The summed E-state index contributed by atoms with van der Waals surface area (Å²) in [6, 6.07) is 19.9. The van der Waals surface area contributed by atoms with Crippen molar-refractivity contribution in [1.82, 2.24) is 0 Å². The van der Waals surface area contributed by atoms with E-state index in [-0.39, 0.29) is 16.8 Å². The third-order valence-corrected chi connectivity index (χ3v) is 7.21. The lowest BCUT2D eigenvalue weighted by Crippen LogP contribution is -2.44. The maximum absolute atomic E-state index is 12.5. The van der Waals surface area contributed by atoms with E-state index in [2.05, 4.69) is 24.3 Å². The van der Waals surface area contributed by atoms with E-state index >= 15 is 0 Å². The van der Waals surface area contributed by atoms with Crippen LogP contribution >= 0.6 is 11.8 Å². The molecule has 0 N–H and O–H groups in total. The molecule has 0 radical (unpaired) electrons. The minimum absolute atomic E-state index is 0.00474. The molecule has 1 heterocycles. The van der Waals surface area contributed by atoms with Gasteiger partial charge in [-0.2, -0.15) is 0 Å². The number of esters is 1. The van der Waals surface area contributed by atoms with Crippen molar-refractivity contribution in [3.63, 3.8) is 0 Å². The van der Waals surface area contributed by atoms with Crippen LogP contribution in [0.4, 0.5) is 0 Å². The second kappa shape index (κ2) is 7.85. The molecule has 2 aromatic rings. The lowest BCUT2D eigenvalue weighted by Gasteiger charge is -2.40. The van der Waals surface area contributed by atoms with Crippen LogP contribution in [0.1, 0.15) is 35.2 Å². The van der Waals surface area contributed by atoms with E-state index in [4.69, 9.17) is 9.47 Å². The third kappa shape index (κ3) is 3.67. The molecular formula is C22H24O3S. The topological polar surface area (TPSA) is 35.5 Å². The Hall–Kier alpha value is -1.78. The molecule has 3 nitrogen and oxygen atoms in total. The van der Waals surface area contributed by atoms with Gasteiger partial charge in [0.2, 0.25) is 0 Å². The molecule has 1 saturated heterocycles. The summed E-state index contributed by atoms with van der Waals surface area (Å²) in [7, 11) is 0. The average Bonchev–Trinajstić information content (AvgIpc) is 3.07. The second-order valence-corrected chi connectivity index (χ2v) is 8.53. The maximum Gasteiger partial charge on any atom is 0.338 e. The highest BCUT2D eigenvalue weighted by molar-refractivity contribution is 8.00. The predicted octanol–water partition coefficient (Wildman–Crippen LogP) is 4.71. The van der Waals surface area contributed by atoms with Crippen LogP contribution in [-0.4, -0.2) is 30.0 Å². The fraction of sp³-hybridized carbons (Fsp3) is 0.409. The van der Waals surface area contributed by atoms with Gasteiger partial charge < -0.3 is 9.47 Å². The fourth-order valence-corrected chi connectivity index (χ4v) is 5.70. The van der Waals surface area contributed by atoms with Crippen LogP contribution in [0.3, 0.4) is 0 Å². The van der Waals surface area contributed by atoms with Gasteiger partial charge in [-0.25, -0.2) is 4.79 Å². The molecule has 0 bridgehead atoms. The van der Waals surface area contributed by atoms with Gasteiger partial charge in [-0.3, -0.25) is 0 Å². The van der Waals surface area contributed by atoms with Crippen molar-refractivity contribution in [1.29, 1.82) is 0 Å². The second-order valence-electron chi connectivity index (χ2n) is 7.14. The van der Waals surface area contributed by atoms with Crippen molar-refractivity contribution in [2.24, 2.45) is 5.92 Å². The number of carbonyl (C=O) groups excluding carboxylic acids is 1. The number of rotatable bonds is 5. The summed E-state index contributed by atoms with van der Waals surface area (Å²) in [5.74, 6) is 1.14. The van der Waals surface area contributed by atoms with Gasteiger partial charge in [0.1, 0.15) is 6.10 Å². The van der Waals surface area contributed by atoms with Crippen molar-refractivity contribution in [3.05, 3.63) is 71.8 Å². The molecule has 4 rings (SSSR count). The van der Waals surface area contributed by atoms with Gasteiger partial charge in [-0.1, -0.05) is 48.5 Å². The smallest absolute Gasteiger partial charge is 0.338 e. The van der Waals surface area contributed by atoms with Crippen molar-refractivity contribution >= 4 is 17.7 Å². The van der Waals surface area contributed by atoms with Crippen LogP contribution in [0.5, 0.6) is 0 Å². The molecule has 0 spiro atoms. The van der Waals surface area contributed by atoms with E-state index in [0.717, 1.165) is 38.2 Å². The normalized spacial score (nSPS) is 27.7. The molecular weight excluding hydrogens is 344 g/mol. The van der Waals surface area contributed by atoms with E-state index in [0.29, 0.717) is 11.5 Å². The summed E-state index contributed by atoms with van der Waals surface area (Å²) in [5.41, 5.74) is 1.97. The van der Waals surface area contributed by atoms with Crippen LogP contribution in [0.25, 0.3) is 0 Å². The highest BCUT2D eigenvalue weighted by atomic mass is 32.2. The molecule has 2 fully saturated rings. The zero-order chi connectivity index (χ0) is 17.8. The van der Waals surface area contributed by atoms with Gasteiger partial charge in [0, 0.05) is 23.0 Å². The summed E-state index contributed by atoms with van der Waals surface area (Å²) in [6.07, 6.45) is 2.93. The molecule has 2 aromatic carbocycles. The third-order valence-electron chi connectivity index (χ3n) is 5.53. The molecule has 3 atom stereocenters. The Morgan fingerprint density at radius 2 is 1.81 bits per heavy atom. The van der Waals surface area contributed by atoms with Crippen LogP contribution in [0, 0.1) is 5.92 Å². The Bertz CT molecular complexity index is 734. The average molecular weight is 368 g/mol. The van der Waals surface area contributed by atoms with Crippen molar-refractivity contribution < 1.29 is 14.3 Å². The van der Waals surface area contributed by atoms with Gasteiger partial charge >= 0.3 is 5.97 Å². The van der Waals surface area contributed by atoms with Crippen molar-refractivity contribution in [2.45, 2.75) is 35.9 Å². The van der Waals surface area contributed by atoms with Gasteiger partial charge in [-0.15, -0.1) is 11.8 Å². The molecule has 4 heteroatoms. The van der Waals surface area contributed by atoms with Crippen molar-refractivity contribution in [2.75, 3.05) is 13.2 Å². The summed E-state index contributed by atoms with van der Waals surface area (Å²) in [6.45, 7) is 1.52. The number of carbonyl (C=O) groups is 1. The minimum atomic E-state index is -0.203. The molecule has 1 aliphatic carbocycles. The van der Waals surface area contributed by atoms with Gasteiger partial charge in [0.25, 0.3) is 0 Å². The number of ether oxygens (including phenoxy) is 2. The first-order chi connectivity index (χ1) is 12.8. The van der Waals surface area contributed by atoms with Crippen LogP contribution in [0.2, 0.25) is 0 Å². The predicted molar refractivity (Wildman–Crippen MR) is 104 cm³/mol. The van der Waals surface area contributed by atoms with E-state index in [1.54, 1.807) is 0 Å². The molecule has 2 aliphatic rings. The molecule has 0 aromatic heterocycles. The number of hydrogen-bond donors (Lipinski definition) is 0. The van der Waals surface area contributed by atoms with E-state index in [1.807, 2.05) is 48.2 Å². The van der Waals surface area contributed by atoms with E-state index in [9.17, 15) is 4.79 Å². The Morgan fingerprint density at radius 3 is 2.58 bits per heavy atom. The SMILES string of the molecule is O=C(O[C@H]1CCC2(SCc3ccccc3)COCC[C@H]12)c1ccccc1. The zero-order valence-corrected chi connectivity index (χ0v) is 15.6. The lowest BCUT2D eigenvalue weighted by atomic mass is 9.89. The monoisotopic (exact) mass is 368 g/mol. The molecule has 1 aliphatic heterocycles. The molecule has 136 valence electrons. The molecule has 26 heavy (non-hydrogen) atoms. The first-order valence-corrected chi connectivity index (χ1v) is 10.3. The highest BCUT2D eigenvalue weighted by Crippen LogP contribution is 2.51. The summed E-state index contributed by atoms with van der Waals surface area (Å²) in [4.78, 5) is 12.5. The number of benzene rings is 2. The fourth-order valence-electron chi connectivity index (χ4n) is 4.14. The summed E-state index contributed by atoms with van der Waals surface area (Å²) >= 11 is 1.98. The van der Waals surface area contributed by atoms with E-state index < -0.39 is 0 Å². The van der Waals surface area contributed by atoms with Gasteiger partial charge in [-0.05, 0) is 37.0 Å². The quantitative estimate of drug-likeness (QED) is 0.716. The van der Waals surface area contributed by atoms with Gasteiger partial charge in [0.15, 0.2) is 0 Å². The highest BCUT2D eigenvalue weighted by Gasteiger charge is 2.52. The van der Waals surface area contributed by atoms with Crippen LogP contribution in [0.15, 0.2) is 60.7 Å². The Labute approximate surface area is 159 Å². The van der Waals surface area contributed by atoms with Crippen LogP contribution < -0.4 is 0 Å². The molecule has 1 unspecified atom stereocenters. The number of thioether (sulfide) groups is 1. The standard InChI is InChI=1S/C22H24O3S/c23-21(18-9-5-2-6-10-18)25-20-11-13-22(16-24-14-12-19(20)22)26-15-17-7-3-1-4-8-17/h1-10,19-20H,11-16H2/t19-,20+,22?/m1/s1. The molecule has 1 saturated carbocycles. The Balaban J connectivity index is 1.45.